The number of anilines is 1. The van der Waals surface area contributed by atoms with Gasteiger partial charge in [-0.25, -0.2) is 4.79 Å². The highest BCUT2D eigenvalue weighted by Crippen LogP contribution is 2.32. The number of ether oxygens (including phenoxy) is 2. The van der Waals surface area contributed by atoms with Gasteiger partial charge in [0.05, 0.1) is 0 Å². The van der Waals surface area contributed by atoms with Crippen LogP contribution in [0.4, 0.5) is 10.6 Å². The SMILES string of the molecule is Cc1cc(NC(=O)NCc2ccc3c(c2)OCO3)nn1C. The zero-order valence-electron chi connectivity index (χ0n) is 11.8. The van der Waals surface area contributed by atoms with Crippen molar-refractivity contribution in [1.82, 2.24) is 15.1 Å². The van der Waals surface area contributed by atoms with Gasteiger partial charge in [-0.1, -0.05) is 6.07 Å². The minimum Gasteiger partial charge on any atom is -0.454 e. The van der Waals surface area contributed by atoms with Gasteiger partial charge in [0, 0.05) is 25.4 Å². The van der Waals surface area contributed by atoms with Crippen molar-refractivity contribution in [3.8, 4) is 11.5 Å². The molecule has 110 valence electrons. The first-order chi connectivity index (χ1) is 10.1. The largest absolute Gasteiger partial charge is 0.454 e. The number of nitrogens with zero attached hydrogens (tertiary/aromatic N) is 2. The van der Waals surface area contributed by atoms with E-state index in [1.807, 2.05) is 32.2 Å². The molecule has 0 unspecified atom stereocenters. The number of fused-ring (bicyclic) bond motifs is 1. The van der Waals surface area contributed by atoms with E-state index in [9.17, 15) is 4.79 Å². The molecule has 0 aliphatic carbocycles. The summed E-state index contributed by atoms with van der Waals surface area (Å²) in [5, 5.41) is 9.62. The fourth-order valence-electron chi connectivity index (χ4n) is 2.02. The Hall–Kier alpha value is -2.70. The highest BCUT2D eigenvalue weighted by atomic mass is 16.7. The Morgan fingerprint density at radius 1 is 1.33 bits per heavy atom. The van der Waals surface area contributed by atoms with Crippen LogP contribution >= 0.6 is 0 Å². The molecule has 7 nitrogen and oxygen atoms in total. The Balaban J connectivity index is 1.56. The number of amides is 2. The van der Waals surface area contributed by atoms with Crippen LogP contribution in [0.25, 0.3) is 0 Å². The molecule has 0 saturated heterocycles. The summed E-state index contributed by atoms with van der Waals surface area (Å²) in [6.45, 7) is 2.56. The van der Waals surface area contributed by atoms with Crippen LogP contribution in [-0.4, -0.2) is 22.6 Å². The fraction of sp³-hybridized carbons (Fsp3) is 0.286. The monoisotopic (exact) mass is 288 g/mol. The van der Waals surface area contributed by atoms with Crippen molar-refractivity contribution in [2.45, 2.75) is 13.5 Å². The highest BCUT2D eigenvalue weighted by Gasteiger charge is 2.13. The second-order valence-electron chi connectivity index (χ2n) is 4.79. The van der Waals surface area contributed by atoms with Gasteiger partial charge < -0.3 is 14.8 Å². The average molecular weight is 288 g/mol. The molecule has 2 heterocycles. The number of carbonyl (C=O) groups excluding carboxylic acids is 1. The lowest BCUT2D eigenvalue weighted by Crippen LogP contribution is -2.28. The lowest BCUT2D eigenvalue weighted by molar-refractivity contribution is 0.174. The molecule has 0 radical (unpaired) electrons. The summed E-state index contributed by atoms with van der Waals surface area (Å²) in [7, 11) is 1.82. The summed E-state index contributed by atoms with van der Waals surface area (Å²) in [5.41, 5.74) is 1.91. The second kappa shape index (κ2) is 5.35. The quantitative estimate of drug-likeness (QED) is 0.902. The topological polar surface area (TPSA) is 77.4 Å². The van der Waals surface area contributed by atoms with Crippen LogP contribution in [0.2, 0.25) is 0 Å². The molecule has 21 heavy (non-hydrogen) atoms. The lowest BCUT2D eigenvalue weighted by atomic mass is 10.2. The van der Waals surface area contributed by atoms with E-state index >= 15 is 0 Å². The third kappa shape index (κ3) is 2.91. The van der Waals surface area contributed by atoms with Crippen molar-refractivity contribution in [3.63, 3.8) is 0 Å². The average Bonchev–Trinajstić information content (AvgIpc) is 3.03. The molecule has 2 N–H and O–H groups in total. The number of aromatic nitrogens is 2. The number of aryl methyl sites for hydroxylation is 2. The highest BCUT2D eigenvalue weighted by molar-refractivity contribution is 5.88. The van der Waals surface area contributed by atoms with Crippen molar-refractivity contribution >= 4 is 11.8 Å². The lowest BCUT2D eigenvalue weighted by Gasteiger charge is -2.06. The van der Waals surface area contributed by atoms with Gasteiger partial charge in [-0.2, -0.15) is 5.10 Å². The van der Waals surface area contributed by atoms with Crippen LogP contribution in [-0.2, 0) is 13.6 Å². The maximum atomic E-state index is 11.8. The Kier molecular flexibility index (Phi) is 3.39. The van der Waals surface area contributed by atoms with Crippen LogP contribution in [0.1, 0.15) is 11.3 Å². The molecule has 0 saturated carbocycles. The zero-order chi connectivity index (χ0) is 14.8. The maximum Gasteiger partial charge on any atom is 0.320 e. The van der Waals surface area contributed by atoms with E-state index in [-0.39, 0.29) is 12.8 Å². The van der Waals surface area contributed by atoms with Gasteiger partial charge in [-0.05, 0) is 24.6 Å². The smallest absolute Gasteiger partial charge is 0.320 e. The first kappa shape index (κ1) is 13.3. The number of urea groups is 1. The van der Waals surface area contributed by atoms with Gasteiger partial charge in [-0.15, -0.1) is 0 Å². The number of nitrogens with one attached hydrogen (secondary N) is 2. The Bertz CT molecular complexity index is 661. The van der Waals surface area contributed by atoms with Gasteiger partial charge in [0.25, 0.3) is 0 Å². The van der Waals surface area contributed by atoms with Crippen LogP contribution < -0.4 is 20.1 Å². The summed E-state index contributed by atoms with van der Waals surface area (Å²) >= 11 is 0. The molecule has 0 fully saturated rings. The van der Waals surface area contributed by atoms with E-state index in [1.165, 1.54) is 0 Å². The normalized spacial score (nSPS) is 12.3. The predicted octanol–water partition coefficient (Wildman–Crippen LogP) is 1.78. The number of carbonyl (C=O) groups is 1. The van der Waals surface area contributed by atoms with Crippen molar-refractivity contribution in [1.29, 1.82) is 0 Å². The van der Waals surface area contributed by atoms with E-state index in [0.29, 0.717) is 18.1 Å². The molecule has 3 rings (SSSR count). The molecule has 1 aromatic carbocycles. The van der Waals surface area contributed by atoms with Crippen LogP contribution in [0.3, 0.4) is 0 Å². The molecule has 1 aliphatic rings. The standard InChI is InChI=1S/C14H16N4O3/c1-9-5-13(17-18(9)2)16-14(19)15-7-10-3-4-11-12(6-10)21-8-20-11/h3-6H,7-8H2,1-2H3,(H2,15,16,17,19). The van der Waals surface area contributed by atoms with E-state index in [4.69, 9.17) is 9.47 Å². The maximum absolute atomic E-state index is 11.8. The first-order valence-corrected chi connectivity index (χ1v) is 6.56. The number of hydrogen-bond donors (Lipinski definition) is 2. The summed E-state index contributed by atoms with van der Waals surface area (Å²) in [6, 6.07) is 7.08. The molecule has 2 amide bonds. The number of hydrogen-bond acceptors (Lipinski definition) is 4. The fourth-order valence-corrected chi connectivity index (χ4v) is 2.02. The van der Waals surface area contributed by atoms with Gasteiger partial charge in [-0.3, -0.25) is 10.00 Å². The predicted molar refractivity (Wildman–Crippen MR) is 76.4 cm³/mol. The van der Waals surface area contributed by atoms with Crippen LogP contribution in [0, 0.1) is 6.92 Å². The van der Waals surface area contributed by atoms with E-state index in [2.05, 4.69) is 15.7 Å². The van der Waals surface area contributed by atoms with Gasteiger partial charge >= 0.3 is 6.03 Å². The van der Waals surface area contributed by atoms with E-state index in [0.717, 1.165) is 17.0 Å². The molecule has 1 aromatic heterocycles. The molecular formula is C14H16N4O3. The first-order valence-electron chi connectivity index (χ1n) is 6.56. The third-order valence-corrected chi connectivity index (χ3v) is 3.25. The van der Waals surface area contributed by atoms with E-state index < -0.39 is 0 Å². The molecule has 0 spiro atoms. The minimum absolute atomic E-state index is 0.242. The Morgan fingerprint density at radius 2 is 2.14 bits per heavy atom. The number of benzene rings is 1. The Labute approximate surface area is 121 Å². The third-order valence-electron chi connectivity index (χ3n) is 3.25. The molecule has 2 aromatic rings. The summed E-state index contributed by atoms with van der Waals surface area (Å²) in [4.78, 5) is 11.8. The summed E-state index contributed by atoms with van der Waals surface area (Å²) in [6.07, 6.45) is 0. The molecule has 7 heteroatoms. The van der Waals surface area contributed by atoms with E-state index in [1.54, 1.807) is 10.7 Å². The molecular weight excluding hydrogens is 272 g/mol. The molecule has 0 bridgehead atoms. The molecule has 1 aliphatic heterocycles. The minimum atomic E-state index is -0.300. The Morgan fingerprint density at radius 3 is 2.90 bits per heavy atom. The number of rotatable bonds is 3. The molecule has 0 atom stereocenters. The van der Waals surface area contributed by atoms with Crippen molar-refractivity contribution in [2.75, 3.05) is 12.1 Å². The van der Waals surface area contributed by atoms with Crippen molar-refractivity contribution in [2.24, 2.45) is 7.05 Å². The zero-order valence-corrected chi connectivity index (χ0v) is 11.8. The van der Waals surface area contributed by atoms with Gasteiger partial charge in [0.15, 0.2) is 17.3 Å². The van der Waals surface area contributed by atoms with Crippen LogP contribution in [0.15, 0.2) is 24.3 Å². The van der Waals surface area contributed by atoms with Gasteiger partial charge in [0.2, 0.25) is 6.79 Å². The second-order valence-corrected chi connectivity index (χ2v) is 4.79. The van der Waals surface area contributed by atoms with Crippen LogP contribution in [0.5, 0.6) is 11.5 Å². The van der Waals surface area contributed by atoms with Crippen molar-refractivity contribution < 1.29 is 14.3 Å². The summed E-state index contributed by atoms with van der Waals surface area (Å²) < 4.78 is 12.2. The van der Waals surface area contributed by atoms with Gasteiger partial charge in [0.1, 0.15) is 0 Å². The van der Waals surface area contributed by atoms with Crippen molar-refractivity contribution in [3.05, 3.63) is 35.5 Å². The summed E-state index contributed by atoms with van der Waals surface area (Å²) in [5.74, 6) is 1.96.